The lowest BCUT2D eigenvalue weighted by Crippen LogP contribution is -2.52. The Bertz CT molecular complexity index is 623. The molecule has 1 aromatic carbocycles. The van der Waals surface area contributed by atoms with Gasteiger partial charge in [-0.15, -0.1) is 0 Å². The van der Waals surface area contributed by atoms with Crippen molar-refractivity contribution in [3.05, 3.63) is 35.9 Å². The van der Waals surface area contributed by atoms with Crippen LogP contribution >= 0.6 is 0 Å². The fourth-order valence-corrected chi connectivity index (χ4v) is 2.19. The fourth-order valence-electron chi connectivity index (χ4n) is 2.19. The standard InChI is InChI=1S/C19H27NO6/c1-18(2,3)26-15(21)11-8-12-19(4,16(22)23)20-17(24)25-13-14-9-6-5-7-10-14/h5-7,9-10H,8,11-13H2,1-4H3,(H,20,24)(H,22,23)/t19-/m1/s1. The van der Waals surface area contributed by atoms with E-state index in [1.165, 1.54) is 6.92 Å². The number of ether oxygens (including phenoxy) is 2. The zero-order valence-electron chi connectivity index (χ0n) is 15.7. The molecule has 1 atom stereocenters. The minimum atomic E-state index is -1.53. The van der Waals surface area contributed by atoms with Crippen LogP contribution in [0.2, 0.25) is 0 Å². The van der Waals surface area contributed by atoms with Crippen LogP contribution in [0.1, 0.15) is 52.5 Å². The summed E-state index contributed by atoms with van der Waals surface area (Å²) >= 11 is 0. The van der Waals surface area contributed by atoms with E-state index in [9.17, 15) is 19.5 Å². The monoisotopic (exact) mass is 365 g/mol. The molecule has 0 bridgehead atoms. The molecule has 1 aromatic rings. The molecule has 26 heavy (non-hydrogen) atoms. The summed E-state index contributed by atoms with van der Waals surface area (Å²) in [5.74, 6) is -1.60. The molecule has 0 saturated heterocycles. The van der Waals surface area contributed by atoms with Crippen molar-refractivity contribution < 1.29 is 29.0 Å². The maximum Gasteiger partial charge on any atom is 0.408 e. The highest BCUT2D eigenvalue weighted by molar-refractivity contribution is 5.84. The van der Waals surface area contributed by atoms with E-state index in [1.807, 2.05) is 18.2 Å². The third kappa shape index (κ3) is 8.00. The lowest BCUT2D eigenvalue weighted by Gasteiger charge is -2.26. The van der Waals surface area contributed by atoms with E-state index in [-0.39, 0.29) is 25.9 Å². The summed E-state index contributed by atoms with van der Waals surface area (Å²) in [5.41, 5.74) is -1.33. The summed E-state index contributed by atoms with van der Waals surface area (Å²) in [6.07, 6.45) is -0.421. The average Bonchev–Trinajstić information content (AvgIpc) is 2.52. The Morgan fingerprint density at radius 3 is 2.23 bits per heavy atom. The van der Waals surface area contributed by atoms with Crippen LogP contribution in [0, 0.1) is 0 Å². The van der Waals surface area contributed by atoms with Gasteiger partial charge in [0.25, 0.3) is 0 Å². The summed E-state index contributed by atoms with van der Waals surface area (Å²) in [6, 6.07) is 9.06. The molecule has 0 aliphatic carbocycles. The molecule has 0 aliphatic heterocycles. The first-order chi connectivity index (χ1) is 12.0. The molecule has 7 heteroatoms. The molecule has 0 aromatic heterocycles. The highest BCUT2D eigenvalue weighted by atomic mass is 16.6. The maximum atomic E-state index is 11.9. The minimum absolute atomic E-state index is 0.0419. The molecule has 0 radical (unpaired) electrons. The van der Waals surface area contributed by atoms with E-state index in [4.69, 9.17) is 9.47 Å². The van der Waals surface area contributed by atoms with Gasteiger partial charge in [0.05, 0.1) is 0 Å². The van der Waals surface area contributed by atoms with Gasteiger partial charge in [-0.1, -0.05) is 30.3 Å². The van der Waals surface area contributed by atoms with E-state index in [0.717, 1.165) is 5.56 Å². The predicted octanol–water partition coefficient (Wildman–Crippen LogP) is 3.27. The summed E-state index contributed by atoms with van der Waals surface area (Å²) in [6.45, 7) is 6.71. The van der Waals surface area contributed by atoms with E-state index in [1.54, 1.807) is 32.9 Å². The first kappa shape index (κ1) is 21.5. The van der Waals surface area contributed by atoms with E-state index >= 15 is 0 Å². The van der Waals surface area contributed by atoms with E-state index in [0.29, 0.717) is 0 Å². The number of carbonyl (C=O) groups excluding carboxylic acids is 2. The van der Waals surface area contributed by atoms with Gasteiger partial charge in [-0.25, -0.2) is 9.59 Å². The molecule has 144 valence electrons. The van der Waals surface area contributed by atoms with Gasteiger partial charge in [0, 0.05) is 6.42 Å². The minimum Gasteiger partial charge on any atom is -0.480 e. The predicted molar refractivity (Wildman–Crippen MR) is 95.5 cm³/mol. The third-order valence-corrected chi connectivity index (χ3v) is 3.54. The number of carboxylic acid groups (broad SMARTS) is 1. The SMILES string of the molecule is CC(C)(C)OC(=O)CCC[C@@](C)(NC(=O)OCc1ccccc1)C(=O)O. The summed E-state index contributed by atoms with van der Waals surface area (Å²) in [4.78, 5) is 35.2. The zero-order valence-corrected chi connectivity index (χ0v) is 15.7. The molecule has 1 rings (SSSR count). The highest BCUT2D eigenvalue weighted by Crippen LogP contribution is 2.17. The molecule has 2 N–H and O–H groups in total. The number of nitrogens with one attached hydrogen (secondary N) is 1. The van der Waals surface area contributed by atoms with Crippen LogP contribution in [0.3, 0.4) is 0 Å². The smallest absolute Gasteiger partial charge is 0.408 e. The second-order valence-corrected chi connectivity index (χ2v) is 7.26. The van der Waals surface area contributed by atoms with Gasteiger partial charge in [-0.2, -0.15) is 0 Å². The zero-order chi connectivity index (χ0) is 19.8. The second-order valence-electron chi connectivity index (χ2n) is 7.26. The number of rotatable bonds is 8. The van der Waals surface area contributed by atoms with E-state index < -0.39 is 29.2 Å². The molecule has 7 nitrogen and oxygen atoms in total. The van der Waals surface area contributed by atoms with Crippen molar-refractivity contribution in [2.24, 2.45) is 0 Å². The van der Waals surface area contributed by atoms with Gasteiger partial charge in [0.15, 0.2) is 0 Å². The Morgan fingerprint density at radius 1 is 1.08 bits per heavy atom. The van der Waals surface area contributed by atoms with Gasteiger partial charge >= 0.3 is 18.0 Å². The van der Waals surface area contributed by atoms with Gasteiger partial charge < -0.3 is 19.9 Å². The van der Waals surface area contributed by atoms with Gasteiger partial charge in [-0.3, -0.25) is 4.79 Å². The normalized spacial score (nSPS) is 13.4. The number of carbonyl (C=O) groups is 3. The Balaban J connectivity index is 2.50. The van der Waals surface area contributed by atoms with Crippen molar-refractivity contribution in [2.75, 3.05) is 0 Å². The van der Waals surface area contributed by atoms with Crippen LogP contribution in [0.5, 0.6) is 0 Å². The number of aliphatic carboxylic acids is 1. The van der Waals surface area contributed by atoms with Crippen molar-refractivity contribution in [1.82, 2.24) is 5.32 Å². The van der Waals surface area contributed by atoms with Crippen LogP contribution < -0.4 is 5.32 Å². The molecule has 0 unspecified atom stereocenters. The van der Waals surface area contributed by atoms with Crippen LogP contribution in [0.25, 0.3) is 0 Å². The highest BCUT2D eigenvalue weighted by Gasteiger charge is 2.35. The topological polar surface area (TPSA) is 102 Å². The average molecular weight is 365 g/mol. The molecular formula is C19H27NO6. The van der Waals surface area contributed by atoms with Crippen molar-refractivity contribution >= 4 is 18.0 Å². The Morgan fingerprint density at radius 2 is 1.69 bits per heavy atom. The van der Waals surface area contributed by atoms with Gasteiger partial charge in [0.2, 0.25) is 0 Å². The summed E-state index contributed by atoms with van der Waals surface area (Å²) in [5, 5.41) is 11.8. The molecule has 1 amide bonds. The summed E-state index contributed by atoms with van der Waals surface area (Å²) < 4.78 is 10.2. The molecule has 0 spiro atoms. The maximum absolute atomic E-state index is 11.9. The second kappa shape index (κ2) is 9.22. The Labute approximate surface area is 153 Å². The van der Waals surface area contributed by atoms with Gasteiger partial charge in [0.1, 0.15) is 17.7 Å². The first-order valence-corrected chi connectivity index (χ1v) is 8.46. The lowest BCUT2D eigenvalue weighted by atomic mass is 9.95. The van der Waals surface area contributed by atoms with E-state index in [2.05, 4.69) is 5.32 Å². The molecular weight excluding hydrogens is 338 g/mol. The van der Waals surface area contributed by atoms with Crippen LogP contribution in [0.4, 0.5) is 4.79 Å². The van der Waals surface area contributed by atoms with Crippen LogP contribution in [0.15, 0.2) is 30.3 Å². The quantitative estimate of drug-likeness (QED) is 0.686. The van der Waals surface area contributed by atoms with Crippen molar-refractivity contribution in [3.63, 3.8) is 0 Å². The van der Waals surface area contributed by atoms with Gasteiger partial charge in [-0.05, 0) is 46.1 Å². The fraction of sp³-hybridized carbons (Fsp3) is 0.526. The number of hydrogen-bond acceptors (Lipinski definition) is 5. The molecule has 0 heterocycles. The van der Waals surface area contributed by atoms with Crippen LogP contribution in [-0.4, -0.2) is 34.3 Å². The first-order valence-electron chi connectivity index (χ1n) is 8.46. The van der Waals surface area contributed by atoms with Crippen molar-refractivity contribution in [1.29, 1.82) is 0 Å². The number of amides is 1. The lowest BCUT2D eigenvalue weighted by molar-refractivity contribution is -0.155. The molecule has 0 saturated carbocycles. The number of hydrogen-bond donors (Lipinski definition) is 2. The number of carboxylic acids is 1. The molecule has 0 fully saturated rings. The number of benzene rings is 1. The Kier molecular flexibility index (Phi) is 7.61. The Hall–Kier alpha value is -2.57. The third-order valence-electron chi connectivity index (χ3n) is 3.54. The van der Waals surface area contributed by atoms with Crippen molar-refractivity contribution in [2.45, 2.75) is 64.7 Å². The summed E-state index contributed by atoms with van der Waals surface area (Å²) in [7, 11) is 0. The number of alkyl carbamates (subject to hydrolysis) is 1. The van der Waals surface area contributed by atoms with Crippen molar-refractivity contribution in [3.8, 4) is 0 Å². The largest absolute Gasteiger partial charge is 0.480 e. The molecule has 0 aliphatic rings. The van der Waals surface area contributed by atoms with Crippen LogP contribution in [-0.2, 0) is 25.7 Å². The number of esters is 1.